The van der Waals surface area contributed by atoms with Crippen LogP contribution in [-0.2, 0) is 4.79 Å². The summed E-state index contributed by atoms with van der Waals surface area (Å²) in [6.07, 6.45) is 3.43. The lowest BCUT2D eigenvalue weighted by molar-refractivity contribution is -0.113. The lowest BCUT2D eigenvalue weighted by Crippen LogP contribution is -2.27. The highest BCUT2D eigenvalue weighted by Crippen LogP contribution is 2.38. The van der Waals surface area contributed by atoms with E-state index in [4.69, 9.17) is 17.3 Å². The number of amides is 1. The number of phenols is 1. The van der Waals surface area contributed by atoms with Gasteiger partial charge in [0.2, 0.25) is 0 Å². The molecule has 8 heteroatoms. The Balaban J connectivity index is 1.72. The van der Waals surface area contributed by atoms with Crippen molar-refractivity contribution in [1.82, 2.24) is 4.98 Å². The summed E-state index contributed by atoms with van der Waals surface area (Å²) in [7, 11) is 0. The summed E-state index contributed by atoms with van der Waals surface area (Å²) in [6.45, 7) is 0. The molecule has 1 fully saturated rings. The number of thioether (sulfide) groups is 1. The smallest absolute Gasteiger partial charge is 0.339 e. The van der Waals surface area contributed by atoms with Crippen LogP contribution >= 0.6 is 24.0 Å². The number of carbonyl (C=O) groups is 2. The summed E-state index contributed by atoms with van der Waals surface area (Å²) in [5.74, 6) is -2.02. The molecular weight excluding hydrogens is 396 g/mol. The molecular formula is C20H12N2O4S2. The van der Waals surface area contributed by atoms with Crippen LogP contribution in [0.15, 0.2) is 59.6 Å². The molecule has 0 radical (unpaired) electrons. The highest BCUT2D eigenvalue weighted by molar-refractivity contribution is 8.27. The first kappa shape index (κ1) is 18.1. The van der Waals surface area contributed by atoms with Gasteiger partial charge in [-0.05, 0) is 24.3 Å². The predicted octanol–water partition coefficient (Wildman–Crippen LogP) is 4.04. The number of rotatable bonds is 3. The van der Waals surface area contributed by atoms with Gasteiger partial charge in [-0.15, -0.1) is 0 Å². The number of carbonyl (C=O) groups excluding carboxylic acids is 1. The Labute approximate surface area is 169 Å². The van der Waals surface area contributed by atoms with Crippen LogP contribution in [0.3, 0.4) is 0 Å². The molecule has 0 saturated carbocycles. The molecule has 2 aromatic carbocycles. The van der Waals surface area contributed by atoms with Gasteiger partial charge >= 0.3 is 5.97 Å². The van der Waals surface area contributed by atoms with Crippen LogP contribution < -0.4 is 4.90 Å². The highest BCUT2D eigenvalue weighted by Gasteiger charge is 2.34. The molecule has 2 N–H and O–H groups in total. The number of benzene rings is 2. The van der Waals surface area contributed by atoms with Gasteiger partial charge in [-0.2, -0.15) is 0 Å². The maximum Gasteiger partial charge on any atom is 0.339 e. The first-order chi connectivity index (χ1) is 13.5. The normalized spacial score (nSPS) is 15.6. The summed E-state index contributed by atoms with van der Waals surface area (Å²) < 4.78 is 0.298. The van der Waals surface area contributed by atoms with Crippen molar-refractivity contribution in [1.29, 1.82) is 0 Å². The van der Waals surface area contributed by atoms with Crippen LogP contribution in [0, 0.1) is 0 Å². The second-order valence-corrected chi connectivity index (χ2v) is 7.62. The number of anilines is 1. The molecule has 1 amide bonds. The first-order valence-electron chi connectivity index (χ1n) is 8.14. The van der Waals surface area contributed by atoms with Crippen molar-refractivity contribution in [2.75, 3.05) is 4.90 Å². The fourth-order valence-corrected chi connectivity index (χ4v) is 4.21. The number of aromatic hydroxyl groups is 1. The number of aromatic carboxylic acids is 1. The number of carboxylic acid groups (broad SMARTS) is 1. The molecule has 6 nitrogen and oxygen atoms in total. The Morgan fingerprint density at radius 3 is 2.71 bits per heavy atom. The Morgan fingerprint density at radius 2 is 1.96 bits per heavy atom. The minimum absolute atomic E-state index is 0.244. The van der Waals surface area contributed by atoms with Gasteiger partial charge in [0.05, 0.1) is 16.1 Å². The molecule has 4 rings (SSSR count). The number of hydrogen-bond acceptors (Lipinski definition) is 6. The molecule has 0 bridgehead atoms. The number of carboxylic acids is 1. The van der Waals surface area contributed by atoms with Gasteiger partial charge in [0.15, 0.2) is 4.32 Å². The lowest BCUT2D eigenvalue weighted by Gasteiger charge is -2.15. The van der Waals surface area contributed by atoms with Gasteiger partial charge in [-0.3, -0.25) is 14.7 Å². The number of fused-ring (bicyclic) bond motifs is 1. The average molecular weight is 408 g/mol. The maximum absolute atomic E-state index is 12.9. The quantitative estimate of drug-likeness (QED) is 0.499. The summed E-state index contributed by atoms with van der Waals surface area (Å²) in [5, 5.41) is 19.9. The largest absolute Gasteiger partial charge is 0.507 e. The number of hydrogen-bond donors (Lipinski definition) is 2. The maximum atomic E-state index is 12.9. The summed E-state index contributed by atoms with van der Waals surface area (Å²) >= 11 is 6.47. The van der Waals surface area contributed by atoms with E-state index in [-0.39, 0.29) is 11.5 Å². The summed E-state index contributed by atoms with van der Waals surface area (Å²) in [6, 6.07) is 13.4. The third-order valence-electron chi connectivity index (χ3n) is 4.21. The number of thiocarbonyl (C=S) groups is 1. The van der Waals surface area contributed by atoms with Gasteiger partial charge in [0, 0.05) is 23.2 Å². The third-order valence-corrected chi connectivity index (χ3v) is 5.52. The van der Waals surface area contributed by atoms with Gasteiger partial charge in [0.1, 0.15) is 11.3 Å². The second-order valence-electron chi connectivity index (χ2n) is 5.95. The van der Waals surface area contributed by atoms with E-state index in [2.05, 4.69) is 4.98 Å². The van der Waals surface area contributed by atoms with Crippen LogP contribution in [0.4, 0.5) is 5.69 Å². The van der Waals surface area contributed by atoms with Crippen LogP contribution in [-0.4, -0.2) is 31.4 Å². The van der Waals surface area contributed by atoms with Gasteiger partial charge in [-0.1, -0.05) is 48.2 Å². The fourth-order valence-electron chi connectivity index (χ4n) is 2.92. The fraction of sp³-hybridized carbons (Fsp3) is 0. The van der Waals surface area contributed by atoms with Crippen LogP contribution in [0.1, 0.15) is 15.9 Å². The van der Waals surface area contributed by atoms with Crippen LogP contribution in [0.5, 0.6) is 5.75 Å². The van der Waals surface area contributed by atoms with Gasteiger partial charge in [0.25, 0.3) is 5.91 Å². The minimum atomic E-state index is -1.25. The van der Waals surface area contributed by atoms with Crippen molar-refractivity contribution in [2.45, 2.75) is 0 Å². The number of nitrogens with zero attached hydrogens (tertiary/aromatic N) is 2. The molecule has 0 atom stereocenters. The van der Waals surface area contributed by atoms with Crippen molar-refractivity contribution in [3.63, 3.8) is 0 Å². The lowest BCUT2D eigenvalue weighted by atomic mass is 10.1. The van der Waals surface area contributed by atoms with Crippen molar-refractivity contribution in [2.24, 2.45) is 0 Å². The molecule has 1 aliphatic heterocycles. The Hall–Kier alpha value is -3.23. The standard InChI is InChI=1S/C20H12N2O4S2/c23-15-10-13(6-7-14(15)19(25)26)22-18(24)16(28-20(22)27)9-12-4-1-3-11-5-2-8-21-17(11)12/h1-10,23H,(H,25,26)/b16-9-. The van der Waals surface area contributed by atoms with Gasteiger partial charge < -0.3 is 10.2 Å². The zero-order valence-corrected chi connectivity index (χ0v) is 15.8. The Kier molecular flexibility index (Phi) is 4.58. The van der Waals surface area contributed by atoms with Crippen LogP contribution in [0.25, 0.3) is 17.0 Å². The van der Waals surface area contributed by atoms with E-state index in [1.165, 1.54) is 23.1 Å². The first-order valence-corrected chi connectivity index (χ1v) is 9.36. The van der Waals surface area contributed by atoms with Crippen LogP contribution in [0.2, 0.25) is 0 Å². The molecule has 28 heavy (non-hydrogen) atoms. The zero-order chi connectivity index (χ0) is 19.8. The predicted molar refractivity (Wildman–Crippen MR) is 112 cm³/mol. The number of aromatic nitrogens is 1. The molecule has 0 spiro atoms. The molecule has 0 aliphatic carbocycles. The second kappa shape index (κ2) is 7.06. The van der Waals surface area contributed by atoms with E-state index < -0.39 is 11.7 Å². The van der Waals surface area contributed by atoms with Crippen molar-refractivity contribution >= 4 is 62.8 Å². The van der Waals surface area contributed by atoms with E-state index in [9.17, 15) is 14.7 Å². The SMILES string of the molecule is O=C(O)c1ccc(N2C(=O)/C(=C/c3cccc4cccnc34)SC2=S)cc1O. The summed E-state index contributed by atoms with van der Waals surface area (Å²) in [4.78, 5) is 30.1. The van der Waals surface area contributed by atoms with E-state index in [1.54, 1.807) is 12.3 Å². The molecule has 2 heterocycles. The zero-order valence-electron chi connectivity index (χ0n) is 14.2. The van der Waals surface area contributed by atoms with Crippen molar-refractivity contribution in [3.8, 4) is 5.75 Å². The number of para-hydroxylation sites is 1. The van der Waals surface area contributed by atoms with Crippen molar-refractivity contribution < 1.29 is 19.8 Å². The minimum Gasteiger partial charge on any atom is -0.507 e. The van der Waals surface area contributed by atoms with Gasteiger partial charge in [-0.25, -0.2) is 4.79 Å². The van der Waals surface area contributed by atoms with E-state index in [0.717, 1.165) is 28.2 Å². The topological polar surface area (TPSA) is 90.7 Å². The molecule has 0 unspecified atom stereocenters. The monoisotopic (exact) mass is 408 g/mol. The van der Waals surface area contributed by atoms with E-state index >= 15 is 0 Å². The molecule has 138 valence electrons. The number of pyridine rings is 1. The van der Waals surface area contributed by atoms with Crippen molar-refractivity contribution in [3.05, 3.63) is 70.8 Å². The average Bonchev–Trinajstić information content (AvgIpc) is 2.95. The van der Waals surface area contributed by atoms with E-state index in [0.29, 0.717) is 14.9 Å². The third kappa shape index (κ3) is 3.12. The summed E-state index contributed by atoms with van der Waals surface area (Å²) in [5.41, 5.74) is 1.64. The highest BCUT2D eigenvalue weighted by atomic mass is 32.2. The molecule has 1 aromatic heterocycles. The molecule has 1 aliphatic rings. The Bertz CT molecular complexity index is 1180. The molecule has 1 saturated heterocycles. The Morgan fingerprint density at radius 1 is 1.18 bits per heavy atom. The van der Waals surface area contributed by atoms with E-state index in [1.807, 2.05) is 30.3 Å². The molecule has 3 aromatic rings.